The summed E-state index contributed by atoms with van der Waals surface area (Å²) >= 11 is 0. The Hall–Kier alpha value is -2.57. The number of hydrogen-bond donors (Lipinski definition) is 1. The van der Waals surface area contributed by atoms with Gasteiger partial charge in [0.25, 0.3) is 0 Å². The van der Waals surface area contributed by atoms with Crippen molar-refractivity contribution >= 4 is 23.7 Å². The second-order valence-electron chi connectivity index (χ2n) is 6.13. The minimum Gasteiger partial charge on any atom is -0.468 e. The molecular weight excluding hydrogens is 314 g/mol. The van der Waals surface area contributed by atoms with Crippen LogP contribution in [0.25, 0.3) is 0 Å². The van der Waals surface area contributed by atoms with Crippen LogP contribution < -0.4 is 5.32 Å². The molecule has 0 fully saturated rings. The summed E-state index contributed by atoms with van der Waals surface area (Å²) in [6.45, 7) is 5.32. The number of methoxy groups -OCH3 is 2. The summed E-state index contributed by atoms with van der Waals surface area (Å²) in [7, 11) is 2.43. The first-order valence-electron chi connectivity index (χ1n) is 7.41. The van der Waals surface area contributed by atoms with Crippen molar-refractivity contribution < 1.29 is 28.6 Å². The summed E-state index contributed by atoms with van der Waals surface area (Å²) in [5.41, 5.74) is 0.685. The van der Waals surface area contributed by atoms with Crippen LogP contribution >= 0.6 is 0 Å². The van der Waals surface area contributed by atoms with Crippen molar-refractivity contribution in [3.05, 3.63) is 29.8 Å². The standard InChI is InChI=1S/C17H23NO6/c1-17(2,3)24-16(21)18-12-8-6-11(7-9-12)10-13(14(19)22-4)15(20)23-5/h6-9,13H,10H2,1-5H3,(H,18,21). The number of benzene rings is 1. The van der Waals surface area contributed by atoms with Gasteiger partial charge in [0.1, 0.15) is 5.60 Å². The number of hydrogen-bond acceptors (Lipinski definition) is 6. The molecule has 132 valence electrons. The van der Waals surface area contributed by atoms with Gasteiger partial charge in [0.05, 0.1) is 14.2 Å². The number of carbonyl (C=O) groups excluding carboxylic acids is 3. The van der Waals surface area contributed by atoms with Gasteiger partial charge < -0.3 is 14.2 Å². The normalized spacial score (nSPS) is 10.9. The lowest BCUT2D eigenvalue weighted by Crippen LogP contribution is -2.28. The molecule has 1 aromatic carbocycles. The zero-order chi connectivity index (χ0) is 18.3. The molecule has 0 bridgehead atoms. The van der Waals surface area contributed by atoms with E-state index in [4.69, 9.17) is 4.74 Å². The molecule has 0 saturated carbocycles. The summed E-state index contributed by atoms with van der Waals surface area (Å²) in [6, 6.07) is 6.72. The van der Waals surface area contributed by atoms with Gasteiger partial charge in [0.2, 0.25) is 0 Å². The Morgan fingerprint density at radius 2 is 1.50 bits per heavy atom. The van der Waals surface area contributed by atoms with E-state index in [-0.39, 0.29) is 6.42 Å². The lowest BCUT2D eigenvalue weighted by molar-refractivity contribution is -0.158. The Morgan fingerprint density at radius 1 is 1.00 bits per heavy atom. The third kappa shape index (κ3) is 6.28. The van der Waals surface area contributed by atoms with Crippen LogP contribution in [0, 0.1) is 5.92 Å². The minimum atomic E-state index is -1.02. The highest BCUT2D eigenvalue weighted by Gasteiger charge is 2.28. The van der Waals surface area contributed by atoms with E-state index in [1.165, 1.54) is 14.2 Å². The van der Waals surface area contributed by atoms with Crippen LogP contribution in [0.3, 0.4) is 0 Å². The van der Waals surface area contributed by atoms with E-state index in [1.807, 2.05) is 0 Å². The molecule has 1 rings (SSSR count). The molecule has 0 spiro atoms. The fraction of sp³-hybridized carbons (Fsp3) is 0.471. The number of carbonyl (C=O) groups is 3. The van der Waals surface area contributed by atoms with Crippen LogP contribution in [-0.2, 0) is 30.2 Å². The molecule has 1 amide bonds. The first kappa shape index (κ1) is 19.5. The maximum atomic E-state index is 11.7. The molecule has 7 heteroatoms. The van der Waals surface area contributed by atoms with Gasteiger partial charge in [-0.2, -0.15) is 0 Å². The lowest BCUT2D eigenvalue weighted by Gasteiger charge is -2.19. The summed E-state index contributed by atoms with van der Waals surface area (Å²) in [5.74, 6) is -2.33. The molecule has 0 aliphatic carbocycles. The molecule has 0 heterocycles. The van der Waals surface area contributed by atoms with Crippen LogP contribution in [0.5, 0.6) is 0 Å². The first-order valence-corrected chi connectivity index (χ1v) is 7.41. The second kappa shape index (κ2) is 8.33. The number of esters is 2. The fourth-order valence-corrected chi connectivity index (χ4v) is 1.93. The first-order chi connectivity index (χ1) is 11.2. The van der Waals surface area contributed by atoms with Crippen molar-refractivity contribution in [3.8, 4) is 0 Å². The van der Waals surface area contributed by atoms with Crippen molar-refractivity contribution in [1.29, 1.82) is 0 Å². The molecule has 1 N–H and O–H groups in total. The third-order valence-electron chi connectivity index (χ3n) is 3.01. The number of anilines is 1. The molecule has 0 atom stereocenters. The Labute approximate surface area is 141 Å². The van der Waals surface area contributed by atoms with E-state index < -0.39 is 29.6 Å². The fourth-order valence-electron chi connectivity index (χ4n) is 1.93. The number of amides is 1. The molecule has 0 unspecified atom stereocenters. The van der Waals surface area contributed by atoms with Crippen molar-refractivity contribution in [2.24, 2.45) is 5.92 Å². The van der Waals surface area contributed by atoms with E-state index in [2.05, 4.69) is 14.8 Å². The monoisotopic (exact) mass is 337 g/mol. The minimum absolute atomic E-state index is 0.145. The van der Waals surface area contributed by atoms with Crippen molar-refractivity contribution in [1.82, 2.24) is 0 Å². The van der Waals surface area contributed by atoms with E-state index >= 15 is 0 Å². The van der Waals surface area contributed by atoms with Gasteiger partial charge in [0, 0.05) is 5.69 Å². The molecule has 0 saturated heterocycles. The molecule has 0 aromatic heterocycles. The highest BCUT2D eigenvalue weighted by atomic mass is 16.6. The molecule has 24 heavy (non-hydrogen) atoms. The van der Waals surface area contributed by atoms with Crippen LogP contribution in [0.1, 0.15) is 26.3 Å². The molecular formula is C17H23NO6. The Balaban J connectivity index is 2.74. The molecule has 0 aliphatic rings. The van der Waals surface area contributed by atoms with Gasteiger partial charge >= 0.3 is 18.0 Å². The summed E-state index contributed by atoms with van der Waals surface area (Å²) in [4.78, 5) is 35.0. The third-order valence-corrected chi connectivity index (χ3v) is 3.01. The maximum Gasteiger partial charge on any atom is 0.412 e. The Morgan fingerprint density at radius 3 is 1.92 bits per heavy atom. The summed E-state index contributed by atoms with van der Waals surface area (Å²) < 4.78 is 14.4. The zero-order valence-electron chi connectivity index (χ0n) is 14.5. The van der Waals surface area contributed by atoms with Gasteiger partial charge in [-0.1, -0.05) is 12.1 Å². The average Bonchev–Trinajstić information content (AvgIpc) is 2.50. The van der Waals surface area contributed by atoms with Gasteiger partial charge in [0.15, 0.2) is 5.92 Å². The van der Waals surface area contributed by atoms with Gasteiger partial charge in [-0.3, -0.25) is 14.9 Å². The SMILES string of the molecule is COC(=O)C(Cc1ccc(NC(=O)OC(C)(C)C)cc1)C(=O)OC. The zero-order valence-corrected chi connectivity index (χ0v) is 14.5. The van der Waals surface area contributed by atoms with Crippen molar-refractivity contribution in [2.45, 2.75) is 32.8 Å². The van der Waals surface area contributed by atoms with Crippen LogP contribution in [0.15, 0.2) is 24.3 Å². The highest BCUT2D eigenvalue weighted by molar-refractivity contribution is 5.95. The highest BCUT2D eigenvalue weighted by Crippen LogP contribution is 2.16. The van der Waals surface area contributed by atoms with Crippen LogP contribution in [0.4, 0.5) is 10.5 Å². The smallest absolute Gasteiger partial charge is 0.412 e. The molecule has 1 aromatic rings. The Bertz CT molecular complexity index is 572. The van der Waals surface area contributed by atoms with Crippen molar-refractivity contribution in [2.75, 3.05) is 19.5 Å². The summed E-state index contributed by atoms with van der Waals surface area (Å²) in [5, 5.41) is 2.60. The predicted octanol–water partition coefficient (Wildman–Crippen LogP) is 2.54. The van der Waals surface area contributed by atoms with Gasteiger partial charge in [-0.15, -0.1) is 0 Å². The predicted molar refractivity (Wildman–Crippen MR) is 87.5 cm³/mol. The molecule has 0 aliphatic heterocycles. The maximum absolute atomic E-state index is 11.7. The van der Waals surface area contributed by atoms with Crippen LogP contribution in [-0.4, -0.2) is 37.9 Å². The average molecular weight is 337 g/mol. The summed E-state index contributed by atoms with van der Waals surface area (Å²) in [6.07, 6.45) is -0.413. The quantitative estimate of drug-likeness (QED) is 0.504. The van der Waals surface area contributed by atoms with Gasteiger partial charge in [-0.25, -0.2) is 4.79 Å². The van der Waals surface area contributed by atoms with E-state index in [1.54, 1.807) is 45.0 Å². The van der Waals surface area contributed by atoms with Crippen molar-refractivity contribution in [3.63, 3.8) is 0 Å². The van der Waals surface area contributed by atoms with E-state index in [0.717, 1.165) is 5.56 Å². The van der Waals surface area contributed by atoms with Gasteiger partial charge in [-0.05, 0) is 44.9 Å². The van der Waals surface area contributed by atoms with E-state index in [0.29, 0.717) is 5.69 Å². The number of rotatable bonds is 5. The molecule has 0 radical (unpaired) electrons. The Kier molecular flexibility index (Phi) is 6.76. The van der Waals surface area contributed by atoms with E-state index in [9.17, 15) is 14.4 Å². The molecule has 7 nitrogen and oxygen atoms in total. The number of nitrogens with one attached hydrogen (secondary N) is 1. The van der Waals surface area contributed by atoms with Crippen LogP contribution in [0.2, 0.25) is 0 Å². The lowest BCUT2D eigenvalue weighted by atomic mass is 9.99. The second-order valence-corrected chi connectivity index (χ2v) is 6.13. The largest absolute Gasteiger partial charge is 0.468 e. The topological polar surface area (TPSA) is 90.9 Å². The number of ether oxygens (including phenoxy) is 3.